The lowest BCUT2D eigenvalue weighted by atomic mass is 10.0. The van der Waals surface area contributed by atoms with E-state index in [0.717, 1.165) is 6.42 Å². The Morgan fingerprint density at radius 1 is 1.45 bits per heavy atom. The Bertz CT molecular complexity index is 950. The Kier molecular flexibility index (Phi) is 8.10. The molecule has 0 amide bonds. The van der Waals surface area contributed by atoms with Gasteiger partial charge in [-0.3, -0.25) is 0 Å². The molecule has 0 aliphatic carbocycles. The number of ether oxygens (including phenoxy) is 2. The number of phenolic OH excluding ortho intramolecular Hbond substituents is 1. The van der Waals surface area contributed by atoms with Crippen LogP contribution in [0.5, 0.6) is 11.5 Å². The van der Waals surface area contributed by atoms with Crippen LogP contribution >= 0.6 is 24.0 Å². The number of esters is 1. The standard InChI is InChI=1S/C20H26N4O5S2/c1-11-15(27-2)7-14(25)12-9-31-10-13(19-23-16(8-21)24-29-19)22-17(30)5-3-4-6-28-20(26)18(11)12/h7,13,25H,3-6,8-10,21H2,1-2H3,(H,22,30)/t13-/m0/s1. The maximum Gasteiger partial charge on any atom is 0.338 e. The monoisotopic (exact) mass is 466 g/mol. The second-order valence-corrected chi connectivity index (χ2v) is 8.58. The smallest absolute Gasteiger partial charge is 0.338 e. The van der Waals surface area contributed by atoms with Gasteiger partial charge in [0.1, 0.15) is 17.5 Å². The third-order valence-corrected chi connectivity index (χ3v) is 6.29. The zero-order chi connectivity index (χ0) is 22.4. The van der Waals surface area contributed by atoms with E-state index in [1.54, 1.807) is 6.92 Å². The van der Waals surface area contributed by atoms with Gasteiger partial charge in [-0.05, 0) is 26.2 Å². The molecule has 168 valence electrons. The van der Waals surface area contributed by atoms with Gasteiger partial charge >= 0.3 is 5.97 Å². The number of cyclic esters (lactones) is 1. The minimum absolute atomic E-state index is 0.0165. The molecule has 0 saturated carbocycles. The molecule has 0 unspecified atom stereocenters. The molecule has 0 saturated heterocycles. The Morgan fingerprint density at radius 2 is 2.26 bits per heavy atom. The summed E-state index contributed by atoms with van der Waals surface area (Å²) in [6.07, 6.45) is 2.07. The van der Waals surface area contributed by atoms with E-state index in [-0.39, 0.29) is 24.9 Å². The first-order valence-corrected chi connectivity index (χ1v) is 11.5. The number of benzene rings is 1. The summed E-state index contributed by atoms with van der Waals surface area (Å²) in [5.41, 5.74) is 7.06. The summed E-state index contributed by atoms with van der Waals surface area (Å²) in [5, 5.41) is 17.7. The van der Waals surface area contributed by atoms with Crippen LogP contribution in [0.1, 0.15) is 58.5 Å². The van der Waals surface area contributed by atoms with Crippen molar-refractivity contribution in [3.8, 4) is 11.5 Å². The molecule has 1 atom stereocenters. The van der Waals surface area contributed by atoms with Crippen molar-refractivity contribution in [3.63, 3.8) is 0 Å². The van der Waals surface area contributed by atoms with Crippen LogP contribution in [0.15, 0.2) is 10.6 Å². The normalized spacial score (nSPS) is 18.5. The van der Waals surface area contributed by atoms with E-state index in [4.69, 9.17) is 31.9 Å². The quantitative estimate of drug-likeness (QED) is 0.455. The predicted molar refractivity (Wildman–Crippen MR) is 120 cm³/mol. The number of hydrogen-bond donors (Lipinski definition) is 3. The van der Waals surface area contributed by atoms with Gasteiger partial charge in [-0.2, -0.15) is 16.7 Å². The minimum Gasteiger partial charge on any atom is -0.507 e. The van der Waals surface area contributed by atoms with Crippen LogP contribution < -0.4 is 15.8 Å². The number of aromatic nitrogens is 2. The molecular weight excluding hydrogens is 440 g/mol. The average molecular weight is 467 g/mol. The molecule has 3 rings (SSSR count). The van der Waals surface area contributed by atoms with Crippen molar-refractivity contribution in [2.45, 2.75) is 44.5 Å². The van der Waals surface area contributed by atoms with E-state index >= 15 is 0 Å². The van der Waals surface area contributed by atoms with Gasteiger partial charge in [0.05, 0.1) is 30.8 Å². The number of nitrogens with two attached hydrogens (primary N) is 1. The number of fused-ring (bicyclic) bond motifs is 1. The Labute approximate surface area is 190 Å². The fourth-order valence-corrected chi connectivity index (χ4v) is 4.63. The molecule has 31 heavy (non-hydrogen) atoms. The van der Waals surface area contributed by atoms with Gasteiger partial charge in [0.25, 0.3) is 0 Å². The first-order chi connectivity index (χ1) is 14.9. The highest BCUT2D eigenvalue weighted by molar-refractivity contribution is 7.98. The second-order valence-electron chi connectivity index (χ2n) is 7.06. The van der Waals surface area contributed by atoms with Gasteiger partial charge in [0.2, 0.25) is 5.89 Å². The van der Waals surface area contributed by atoms with E-state index in [0.29, 0.717) is 63.5 Å². The zero-order valence-corrected chi connectivity index (χ0v) is 19.1. The molecule has 0 bridgehead atoms. The molecule has 1 aromatic carbocycles. The van der Waals surface area contributed by atoms with Crippen molar-refractivity contribution in [2.24, 2.45) is 5.73 Å². The molecule has 1 aromatic heterocycles. The van der Waals surface area contributed by atoms with Crippen LogP contribution in [0, 0.1) is 6.92 Å². The van der Waals surface area contributed by atoms with Crippen molar-refractivity contribution >= 4 is 34.9 Å². The number of nitrogens with zero attached hydrogens (tertiary/aromatic N) is 2. The zero-order valence-electron chi connectivity index (χ0n) is 17.5. The lowest BCUT2D eigenvalue weighted by Crippen LogP contribution is -2.29. The van der Waals surface area contributed by atoms with E-state index in [1.165, 1.54) is 24.9 Å². The Hall–Kier alpha value is -2.37. The van der Waals surface area contributed by atoms with Gasteiger partial charge < -0.3 is 30.2 Å². The second kappa shape index (κ2) is 10.8. The molecule has 1 aliphatic rings. The lowest BCUT2D eigenvalue weighted by molar-refractivity contribution is 0.0496. The maximum absolute atomic E-state index is 12.8. The summed E-state index contributed by atoms with van der Waals surface area (Å²) in [5.74, 6) is 1.65. The van der Waals surface area contributed by atoms with Gasteiger partial charge in [0, 0.05) is 28.7 Å². The Balaban J connectivity index is 1.91. The van der Waals surface area contributed by atoms with Crippen LogP contribution in [0.25, 0.3) is 0 Å². The fourth-order valence-electron chi connectivity index (χ4n) is 3.27. The molecule has 9 nitrogen and oxygen atoms in total. The van der Waals surface area contributed by atoms with Gasteiger partial charge in [0.15, 0.2) is 5.82 Å². The largest absolute Gasteiger partial charge is 0.507 e. The van der Waals surface area contributed by atoms with Crippen LogP contribution in [0.3, 0.4) is 0 Å². The van der Waals surface area contributed by atoms with Crippen molar-refractivity contribution in [3.05, 3.63) is 34.5 Å². The molecule has 2 heterocycles. The van der Waals surface area contributed by atoms with Crippen molar-refractivity contribution in [1.82, 2.24) is 15.5 Å². The summed E-state index contributed by atoms with van der Waals surface area (Å²) < 4.78 is 16.1. The van der Waals surface area contributed by atoms with Crippen molar-refractivity contribution in [2.75, 3.05) is 19.5 Å². The predicted octanol–water partition coefficient (Wildman–Crippen LogP) is 2.78. The number of phenols is 1. The molecule has 2 aromatic rings. The molecule has 1 aliphatic heterocycles. The number of carbonyl (C=O) groups is 1. The third kappa shape index (κ3) is 5.66. The molecule has 0 fully saturated rings. The van der Waals surface area contributed by atoms with Crippen molar-refractivity contribution < 1.29 is 23.9 Å². The molecule has 0 spiro atoms. The van der Waals surface area contributed by atoms with E-state index in [9.17, 15) is 9.90 Å². The number of methoxy groups -OCH3 is 1. The number of nitrogens with one attached hydrogen (secondary N) is 1. The van der Waals surface area contributed by atoms with Crippen molar-refractivity contribution in [1.29, 1.82) is 0 Å². The number of thioether (sulfide) groups is 1. The topological polar surface area (TPSA) is 133 Å². The number of hydrogen-bond acceptors (Lipinski definition) is 10. The van der Waals surface area contributed by atoms with Crippen LogP contribution in [-0.4, -0.2) is 45.7 Å². The first kappa shape index (κ1) is 23.3. The summed E-state index contributed by atoms with van der Waals surface area (Å²) in [4.78, 5) is 17.8. The fraction of sp³-hybridized carbons (Fsp3) is 0.500. The maximum atomic E-state index is 12.8. The van der Waals surface area contributed by atoms with Crippen LogP contribution in [0.2, 0.25) is 0 Å². The summed E-state index contributed by atoms with van der Waals surface area (Å²) in [7, 11) is 1.50. The van der Waals surface area contributed by atoms with Gasteiger partial charge in [-0.15, -0.1) is 0 Å². The highest BCUT2D eigenvalue weighted by Gasteiger charge is 2.25. The molecule has 11 heteroatoms. The molecular formula is C20H26N4O5S2. The summed E-state index contributed by atoms with van der Waals surface area (Å²) in [6.45, 7) is 2.22. The summed E-state index contributed by atoms with van der Waals surface area (Å²) >= 11 is 6.96. The molecule has 0 radical (unpaired) electrons. The molecule has 4 N–H and O–H groups in total. The number of aromatic hydroxyl groups is 1. The van der Waals surface area contributed by atoms with Crippen LogP contribution in [0.4, 0.5) is 0 Å². The van der Waals surface area contributed by atoms with E-state index in [1.807, 2.05) is 0 Å². The minimum atomic E-state index is -0.471. The van der Waals surface area contributed by atoms with Crippen LogP contribution in [-0.2, 0) is 17.0 Å². The summed E-state index contributed by atoms with van der Waals surface area (Å²) in [6, 6.07) is 1.20. The Morgan fingerprint density at radius 3 is 2.97 bits per heavy atom. The number of carbonyl (C=O) groups excluding carboxylic acids is 1. The SMILES string of the molecule is COc1cc(O)c2c(c1C)C(=O)OCCCCC(=S)N[C@H](c1nc(CN)no1)CSC2. The highest BCUT2D eigenvalue weighted by Crippen LogP contribution is 2.36. The van der Waals surface area contributed by atoms with Gasteiger partial charge in [-0.25, -0.2) is 4.79 Å². The van der Waals surface area contributed by atoms with E-state index in [2.05, 4.69) is 15.5 Å². The highest BCUT2D eigenvalue weighted by atomic mass is 32.2. The first-order valence-electron chi connectivity index (χ1n) is 9.90. The lowest BCUT2D eigenvalue weighted by Gasteiger charge is -2.20. The van der Waals surface area contributed by atoms with Gasteiger partial charge in [-0.1, -0.05) is 17.4 Å². The average Bonchev–Trinajstić information content (AvgIpc) is 3.23. The number of thiocarbonyl (C=S) groups is 1. The van der Waals surface area contributed by atoms with E-state index < -0.39 is 5.97 Å². The third-order valence-electron chi connectivity index (χ3n) is 4.91. The number of rotatable bonds is 3.